The molecule has 1 aromatic heterocycles. The third-order valence-corrected chi connectivity index (χ3v) is 1.92. The smallest absolute Gasteiger partial charge is 0.339 e. The summed E-state index contributed by atoms with van der Waals surface area (Å²) in [6.07, 6.45) is 1.38. The van der Waals surface area contributed by atoms with Crippen LogP contribution in [0.1, 0.15) is 10.4 Å². The van der Waals surface area contributed by atoms with Crippen molar-refractivity contribution in [2.75, 3.05) is 0 Å². The number of carbonyl (C=O) groups is 1. The van der Waals surface area contributed by atoms with E-state index in [1.807, 2.05) is 30.3 Å². The van der Waals surface area contributed by atoms with Crippen molar-refractivity contribution < 1.29 is 9.90 Å². The van der Waals surface area contributed by atoms with Gasteiger partial charge in [0.25, 0.3) is 0 Å². The minimum Gasteiger partial charge on any atom is -0.478 e. The van der Waals surface area contributed by atoms with Crippen molar-refractivity contribution in [3.63, 3.8) is 0 Å². The summed E-state index contributed by atoms with van der Waals surface area (Å²) in [7, 11) is 0. The number of H-pyrrole nitrogens is 1. The lowest BCUT2D eigenvalue weighted by Gasteiger charge is -1.96. The molecule has 1 heterocycles. The Morgan fingerprint density at radius 2 is 1.88 bits per heavy atom. The maximum absolute atomic E-state index is 10.8. The number of aromatic carboxylic acids is 1. The molecule has 0 aliphatic heterocycles. The number of nitrogens with one attached hydrogen (secondary N) is 1. The van der Waals surface area contributed by atoms with Gasteiger partial charge in [-0.05, 0) is 0 Å². The number of hydrogen-bond acceptors (Lipinski definition) is 2. The highest BCUT2D eigenvalue weighted by atomic mass is 16.4. The Bertz CT molecular complexity index is 463. The fourth-order valence-electron chi connectivity index (χ4n) is 1.27. The molecule has 0 bridgehead atoms. The highest BCUT2D eigenvalue weighted by Gasteiger charge is 2.13. The van der Waals surface area contributed by atoms with Crippen LogP contribution >= 0.6 is 0 Å². The van der Waals surface area contributed by atoms with Crippen LogP contribution in [0.4, 0.5) is 0 Å². The van der Waals surface area contributed by atoms with E-state index in [4.69, 9.17) is 5.11 Å². The summed E-state index contributed by atoms with van der Waals surface area (Å²) < 4.78 is 0. The summed E-state index contributed by atoms with van der Waals surface area (Å²) in [6, 6.07) is 9.20. The second-order valence-corrected chi connectivity index (χ2v) is 2.82. The molecule has 0 amide bonds. The van der Waals surface area contributed by atoms with E-state index in [-0.39, 0.29) is 5.56 Å². The van der Waals surface area contributed by atoms with E-state index in [9.17, 15) is 4.79 Å². The molecule has 0 spiro atoms. The Labute approximate surface area is 93.3 Å². The van der Waals surface area contributed by atoms with Crippen LogP contribution in [-0.2, 0) is 0 Å². The molecule has 0 aliphatic carbocycles. The standard InChI is InChI=1S/C10H8N2O2.C2H4/c13-10(14)8-6-11-12-9(8)7-4-2-1-3-5-7;1-2/h1-6H,(H,11,12)(H,13,14);1-2H2. The number of hydrogen-bond donors (Lipinski definition) is 2. The predicted octanol–water partition coefficient (Wildman–Crippen LogP) is 2.58. The Balaban J connectivity index is 0.000000606. The first-order valence-corrected chi connectivity index (χ1v) is 4.61. The number of benzene rings is 1. The number of carboxylic acids is 1. The number of rotatable bonds is 2. The molecule has 0 atom stereocenters. The van der Waals surface area contributed by atoms with E-state index >= 15 is 0 Å². The number of nitrogens with zero attached hydrogens (tertiary/aromatic N) is 1. The van der Waals surface area contributed by atoms with Gasteiger partial charge >= 0.3 is 5.97 Å². The minimum absolute atomic E-state index is 0.191. The zero-order chi connectivity index (χ0) is 12.0. The van der Waals surface area contributed by atoms with Crippen molar-refractivity contribution in [1.82, 2.24) is 10.2 Å². The minimum atomic E-state index is -0.974. The quantitative estimate of drug-likeness (QED) is 0.758. The molecule has 4 heteroatoms. The second kappa shape index (κ2) is 5.50. The predicted molar refractivity (Wildman–Crippen MR) is 62.2 cm³/mol. The van der Waals surface area contributed by atoms with Crippen LogP contribution in [0.3, 0.4) is 0 Å². The molecule has 0 unspecified atom stereocenters. The lowest BCUT2D eigenvalue weighted by atomic mass is 10.1. The molecule has 0 radical (unpaired) electrons. The van der Waals surface area contributed by atoms with Gasteiger partial charge < -0.3 is 5.11 Å². The maximum atomic E-state index is 10.8. The highest BCUT2D eigenvalue weighted by Crippen LogP contribution is 2.20. The Morgan fingerprint density at radius 1 is 1.25 bits per heavy atom. The van der Waals surface area contributed by atoms with Gasteiger partial charge in [-0.1, -0.05) is 30.3 Å². The Morgan fingerprint density at radius 3 is 2.44 bits per heavy atom. The van der Waals surface area contributed by atoms with Gasteiger partial charge in [0.2, 0.25) is 0 Å². The molecule has 82 valence electrons. The van der Waals surface area contributed by atoms with Crippen LogP contribution < -0.4 is 0 Å². The van der Waals surface area contributed by atoms with Crippen molar-refractivity contribution >= 4 is 5.97 Å². The van der Waals surface area contributed by atoms with E-state index in [1.165, 1.54) is 6.20 Å². The highest BCUT2D eigenvalue weighted by molar-refractivity contribution is 5.94. The average molecular weight is 216 g/mol. The normalized spacial score (nSPS) is 9.00. The van der Waals surface area contributed by atoms with Crippen molar-refractivity contribution in [2.24, 2.45) is 0 Å². The molecule has 4 nitrogen and oxygen atoms in total. The average Bonchev–Trinajstić information content (AvgIpc) is 2.82. The summed E-state index contributed by atoms with van der Waals surface area (Å²) in [5.74, 6) is -0.974. The van der Waals surface area contributed by atoms with Crippen molar-refractivity contribution in [1.29, 1.82) is 0 Å². The molecule has 2 rings (SSSR count). The zero-order valence-corrected chi connectivity index (χ0v) is 8.68. The van der Waals surface area contributed by atoms with Crippen LogP contribution in [0, 0.1) is 0 Å². The number of carboxylic acid groups (broad SMARTS) is 1. The molecular weight excluding hydrogens is 204 g/mol. The largest absolute Gasteiger partial charge is 0.478 e. The summed E-state index contributed by atoms with van der Waals surface area (Å²) in [5, 5.41) is 15.3. The van der Waals surface area contributed by atoms with E-state index in [2.05, 4.69) is 23.4 Å². The van der Waals surface area contributed by atoms with Gasteiger partial charge in [-0.2, -0.15) is 5.10 Å². The molecule has 0 fully saturated rings. The second-order valence-electron chi connectivity index (χ2n) is 2.82. The fraction of sp³-hybridized carbons (Fsp3) is 0. The first-order chi connectivity index (χ1) is 7.79. The molecule has 16 heavy (non-hydrogen) atoms. The first kappa shape index (κ1) is 11.7. The van der Waals surface area contributed by atoms with E-state index in [0.717, 1.165) is 5.56 Å². The Hall–Kier alpha value is -2.36. The van der Waals surface area contributed by atoms with Crippen LogP contribution in [0.2, 0.25) is 0 Å². The Kier molecular flexibility index (Phi) is 4.03. The molecule has 1 aromatic carbocycles. The topological polar surface area (TPSA) is 66.0 Å². The van der Waals surface area contributed by atoms with Gasteiger partial charge in [-0.15, -0.1) is 13.2 Å². The van der Waals surface area contributed by atoms with Gasteiger partial charge in [0, 0.05) is 11.8 Å². The lowest BCUT2D eigenvalue weighted by molar-refractivity contribution is 0.0698. The van der Waals surface area contributed by atoms with Gasteiger partial charge in [0.05, 0.1) is 0 Å². The lowest BCUT2D eigenvalue weighted by Crippen LogP contribution is -1.96. The van der Waals surface area contributed by atoms with Crippen molar-refractivity contribution in [2.45, 2.75) is 0 Å². The molecule has 0 saturated carbocycles. The molecule has 2 aromatic rings. The van der Waals surface area contributed by atoms with Gasteiger partial charge in [-0.25, -0.2) is 4.79 Å². The molecule has 2 N–H and O–H groups in total. The maximum Gasteiger partial charge on any atom is 0.339 e. The SMILES string of the molecule is C=C.O=C(O)c1c[nH]nc1-c1ccccc1. The van der Waals surface area contributed by atoms with E-state index < -0.39 is 5.97 Å². The van der Waals surface area contributed by atoms with Gasteiger partial charge in [0.15, 0.2) is 0 Å². The number of aromatic amines is 1. The third-order valence-electron chi connectivity index (χ3n) is 1.92. The summed E-state index contributed by atoms with van der Waals surface area (Å²) in [5.41, 5.74) is 1.46. The third kappa shape index (κ3) is 2.36. The van der Waals surface area contributed by atoms with Gasteiger partial charge in [-0.3, -0.25) is 5.10 Å². The van der Waals surface area contributed by atoms with E-state index in [0.29, 0.717) is 5.69 Å². The molecular formula is C12H12N2O2. The number of aromatic nitrogens is 2. The van der Waals surface area contributed by atoms with Crippen LogP contribution in [-0.4, -0.2) is 21.3 Å². The van der Waals surface area contributed by atoms with Gasteiger partial charge in [0.1, 0.15) is 11.3 Å². The van der Waals surface area contributed by atoms with Crippen LogP contribution in [0.5, 0.6) is 0 Å². The first-order valence-electron chi connectivity index (χ1n) is 4.61. The summed E-state index contributed by atoms with van der Waals surface area (Å²) in [4.78, 5) is 10.8. The summed E-state index contributed by atoms with van der Waals surface area (Å²) >= 11 is 0. The summed E-state index contributed by atoms with van der Waals surface area (Å²) in [6.45, 7) is 6.00. The monoisotopic (exact) mass is 216 g/mol. The van der Waals surface area contributed by atoms with Crippen molar-refractivity contribution in [3.8, 4) is 11.3 Å². The zero-order valence-electron chi connectivity index (χ0n) is 8.68. The molecule has 0 aliphatic rings. The molecule has 0 saturated heterocycles. The van der Waals surface area contributed by atoms with Crippen molar-refractivity contribution in [3.05, 3.63) is 55.3 Å². The fourth-order valence-corrected chi connectivity index (χ4v) is 1.27. The van der Waals surface area contributed by atoms with E-state index in [1.54, 1.807) is 0 Å². The van der Waals surface area contributed by atoms with Crippen LogP contribution in [0.15, 0.2) is 49.7 Å². The van der Waals surface area contributed by atoms with Crippen LogP contribution in [0.25, 0.3) is 11.3 Å².